The number of sulfonamides is 1. The van der Waals surface area contributed by atoms with Crippen molar-refractivity contribution in [3.63, 3.8) is 0 Å². The van der Waals surface area contributed by atoms with Crippen LogP contribution in [0.25, 0.3) is 11.0 Å². The normalized spacial score (nSPS) is 21.7. The van der Waals surface area contributed by atoms with Gasteiger partial charge in [-0.05, 0) is 70.4 Å². The zero-order valence-electron chi connectivity index (χ0n) is 17.8. The Bertz CT molecular complexity index is 963. The maximum absolute atomic E-state index is 12.5. The minimum Gasteiger partial charge on any atom is -0.327 e. The van der Waals surface area contributed by atoms with Crippen molar-refractivity contribution in [1.82, 2.24) is 23.7 Å². The Morgan fingerprint density at radius 3 is 2.59 bits per heavy atom. The van der Waals surface area contributed by atoms with Crippen LogP contribution in [0.15, 0.2) is 23.1 Å². The summed E-state index contributed by atoms with van der Waals surface area (Å²) in [5.41, 5.74) is 1.77. The molecule has 0 saturated carbocycles. The lowest BCUT2D eigenvalue weighted by atomic mass is 10.2. The zero-order valence-corrected chi connectivity index (χ0v) is 18.7. The van der Waals surface area contributed by atoms with E-state index in [2.05, 4.69) is 21.3 Å². The van der Waals surface area contributed by atoms with E-state index in [1.807, 2.05) is 6.07 Å². The molecule has 7 nitrogen and oxygen atoms in total. The molecule has 2 aliphatic heterocycles. The number of rotatable bonds is 7. The summed E-state index contributed by atoms with van der Waals surface area (Å²) in [4.78, 5) is 10.3. The van der Waals surface area contributed by atoms with Crippen molar-refractivity contribution in [1.29, 1.82) is 0 Å². The molecule has 2 fully saturated rings. The fraction of sp³-hybridized carbons (Fsp3) is 0.667. The van der Waals surface area contributed by atoms with Gasteiger partial charge in [-0.2, -0.15) is 0 Å². The number of hydrogen-bond donors (Lipinski definition) is 0. The molecule has 160 valence electrons. The van der Waals surface area contributed by atoms with E-state index in [4.69, 9.17) is 4.98 Å². The third-order valence-electron chi connectivity index (χ3n) is 6.40. The number of fused-ring (bicyclic) bond motifs is 1. The highest BCUT2D eigenvalue weighted by Gasteiger charge is 2.29. The van der Waals surface area contributed by atoms with Crippen molar-refractivity contribution in [3.05, 3.63) is 24.0 Å². The van der Waals surface area contributed by atoms with Gasteiger partial charge >= 0.3 is 0 Å². The Kier molecular flexibility index (Phi) is 5.97. The molecule has 1 unspecified atom stereocenters. The summed E-state index contributed by atoms with van der Waals surface area (Å²) >= 11 is 0. The van der Waals surface area contributed by atoms with Crippen molar-refractivity contribution in [2.24, 2.45) is 0 Å². The molecule has 29 heavy (non-hydrogen) atoms. The van der Waals surface area contributed by atoms with Crippen LogP contribution >= 0.6 is 0 Å². The van der Waals surface area contributed by atoms with Gasteiger partial charge in [-0.3, -0.25) is 4.90 Å². The van der Waals surface area contributed by atoms with Gasteiger partial charge in [0.25, 0.3) is 0 Å². The van der Waals surface area contributed by atoms with Crippen LogP contribution in [0.1, 0.15) is 38.4 Å². The molecule has 1 aromatic carbocycles. The molecule has 2 aromatic rings. The van der Waals surface area contributed by atoms with Crippen LogP contribution in [0.2, 0.25) is 0 Å². The molecule has 0 amide bonds. The highest BCUT2D eigenvalue weighted by atomic mass is 32.2. The number of likely N-dealkylation sites (tertiary alicyclic amines) is 2. The zero-order chi connectivity index (χ0) is 20.6. The van der Waals surface area contributed by atoms with Crippen LogP contribution in [0.3, 0.4) is 0 Å². The van der Waals surface area contributed by atoms with Crippen molar-refractivity contribution in [2.45, 2.75) is 56.6 Å². The van der Waals surface area contributed by atoms with Crippen molar-refractivity contribution in [2.75, 3.05) is 40.3 Å². The lowest BCUT2D eigenvalue weighted by Gasteiger charge is -2.28. The Hall–Kier alpha value is -1.48. The van der Waals surface area contributed by atoms with Crippen LogP contribution in [-0.4, -0.2) is 78.4 Å². The maximum atomic E-state index is 12.5. The number of benzene rings is 1. The number of aromatic nitrogens is 2. The van der Waals surface area contributed by atoms with Crippen LogP contribution in [0, 0.1) is 0 Å². The molecule has 8 heteroatoms. The van der Waals surface area contributed by atoms with E-state index >= 15 is 0 Å². The predicted octanol–water partition coefficient (Wildman–Crippen LogP) is 2.37. The second-order valence-corrected chi connectivity index (χ2v) is 10.6. The van der Waals surface area contributed by atoms with Gasteiger partial charge in [0.05, 0.1) is 22.5 Å². The number of nitrogens with zero attached hydrogens (tertiary/aromatic N) is 5. The van der Waals surface area contributed by atoms with E-state index in [1.54, 1.807) is 26.2 Å². The molecule has 1 aromatic heterocycles. The fourth-order valence-corrected chi connectivity index (χ4v) is 5.68. The quantitative estimate of drug-likeness (QED) is 0.690. The molecule has 0 radical (unpaired) electrons. The summed E-state index contributed by atoms with van der Waals surface area (Å²) < 4.78 is 28.5. The van der Waals surface area contributed by atoms with Gasteiger partial charge in [-0.15, -0.1) is 0 Å². The van der Waals surface area contributed by atoms with Gasteiger partial charge in [0.1, 0.15) is 5.82 Å². The fourth-order valence-electron chi connectivity index (χ4n) is 4.76. The van der Waals surface area contributed by atoms with E-state index in [1.165, 1.54) is 43.1 Å². The molecule has 4 rings (SSSR count). The molecule has 0 spiro atoms. The van der Waals surface area contributed by atoms with Gasteiger partial charge in [-0.1, -0.05) is 0 Å². The highest BCUT2D eigenvalue weighted by Crippen LogP contribution is 2.26. The molecule has 2 saturated heterocycles. The van der Waals surface area contributed by atoms with Gasteiger partial charge in [0, 0.05) is 33.2 Å². The SMILES string of the molecule is CCn1c(CN2CCCC2CN2CCCC2)nc2cc(S(=O)(=O)N(C)C)ccc21. The lowest BCUT2D eigenvalue weighted by Crippen LogP contribution is -2.39. The Morgan fingerprint density at radius 2 is 1.90 bits per heavy atom. The van der Waals surface area contributed by atoms with E-state index in [9.17, 15) is 8.42 Å². The number of hydrogen-bond acceptors (Lipinski definition) is 5. The molecule has 1 atom stereocenters. The summed E-state index contributed by atoms with van der Waals surface area (Å²) in [7, 11) is -0.337. The first-order chi connectivity index (χ1) is 13.9. The van der Waals surface area contributed by atoms with Crippen LogP contribution in [0.4, 0.5) is 0 Å². The van der Waals surface area contributed by atoms with Gasteiger partial charge in [0.15, 0.2) is 0 Å². The largest absolute Gasteiger partial charge is 0.327 e. The maximum Gasteiger partial charge on any atom is 0.242 e. The molecule has 0 N–H and O–H groups in total. The van der Waals surface area contributed by atoms with Crippen LogP contribution in [0.5, 0.6) is 0 Å². The van der Waals surface area contributed by atoms with Gasteiger partial charge in [-0.25, -0.2) is 17.7 Å². The second-order valence-electron chi connectivity index (χ2n) is 8.48. The van der Waals surface area contributed by atoms with Gasteiger partial charge < -0.3 is 9.47 Å². The minimum absolute atomic E-state index is 0.301. The van der Waals surface area contributed by atoms with E-state index in [-0.39, 0.29) is 0 Å². The first-order valence-electron chi connectivity index (χ1n) is 10.8. The summed E-state index contributed by atoms with van der Waals surface area (Å²) in [6.07, 6.45) is 5.16. The number of aryl methyl sites for hydroxylation is 1. The summed E-state index contributed by atoms with van der Waals surface area (Å²) in [6.45, 7) is 8.54. The second kappa shape index (κ2) is 8.34. The average Bonchev–Trinajstić information content (AvgIpc) is 3.42. The number of imidazole rings is 1. The summed E-state index contributed by atoms with van der Waals surface area (Å²) in [5, 5.41) is 0. The Morgan fingerprint density at radius 1 is 1.14 bits per heavy atom. The molecule has 3 heterocycles. The molecule has 0 bridgehead atoms. The third-order valence-corrected chi connectivity index (χ3v) is 8.22. The molecular formula is C21H33N5O2S. The molecular weight excluding hydrogens is 386 g/mol. The topological polar surface area (TPSA) is 61.7 Å². The average molecular weight is 420 g/mol. The predicted molar refractivity (Wildman–Crippen MR) is 115 cm³/mol. The van der Waals surface area contributed by atoms with Crippen molar-refractivity contribution in [3.8, 4) is 0 Å². The minimum atomic E-state index is -3.46. The van der Waals surface area contributed by atoms with Crippen molar-refractivity contribution < 1.29 is 8.42 Å². The van der Waals surface area contributed by atoms with E-state index < -0.39 is 10.0 Å². The van der Waals surface area contributed by atoms with Crippen LogP contribution < -0.4 is 0 Å². The molecule has 0 aliphatic carbocycles. The van der Waals surface area contributed by atoms with Crippen molar-refractivity contribution >= 4 is 21.1 Å². The van der Waals surface area contributed by atoms with Gasteiger partial charge in [0.2, 0.25) is 10.0 Å². The standard InChI is InChI=1S/C21H33N5O2S/c1-4-26-20-10-9-18(29(27,28)23(2)3)14-19(20)22-21(26)16-25-13-7-8-17(25)15-24-11-5-6-12-24/h9-10,14,17H,4-8,11-13,15-16H2,1-3H3. The summed E-state index contributed by atoms with van der Waals surface area (Å²) in [5.74, 6) is 1.04. The van der Waals surface area contributed by atoms with E-state index in [0.717, 1.165) is 43.0 Å². The summed E-state index contributed by atoms with van der Waals surface area (Å²) in [6, 6.07) is 5.91. The lowest BCUT2D eigenvalue weighted by molar-refractivity contribution is 0.181. The highest BCUT2D eigenvalue weighted by molar-refractivity contribution is 7.89. The smallest absolute Gasteiger partial charge is 0.242 e. The first kappa shape index (κ1) is 20.8. The Balaban J connectivity index is 1.59. The Labute approximate surface area is 174 Å². The monoisotopic (exact) mass is 419 g/mol. The van der Waals surface area contributed by atoms with E-state index in [0.29, 0.717) is 10.9 Å². The molecule has 2 aliphatic rings. The van der Waals surface area contributed by atoms with Crippen LogP contribution in [-0.2, 0) is 23.1 Å². The first-order valence-corrected chi connectivity index (χ1v) is 12.2. The third kappa shape index (κ3) is 4.08.